The van der Waals surface area contributed by atoms with Gasteiger partial charge in [-0.25, -0.2) is 0 Å². The average Bonchev–Trinajstić information content (AvgIpc) is 2.63. The lowest BCUT2D eigenvalue weighted by molar-refractivity contribution is 0.776. The zero-order valence-corrected chi connectivity index (χ0v) is 16.7. The minimum atomic E-state index is 0.210. The average molecular weight is 354 g/mol. The smallest absolute Gasteiger partial charge is 0.0560 e. The second-order valence-corrected chi connectivity index (χ2v) is 7.88. The highest BCUT2D eigenvalue weighted by Crippen LogP contribution is 2.34. The third-order valence-corrected chi connectivity index (χ3v) is 5.87. The number of nitrogens with one attached hydrogen (secondary N) is 1. The van der Waals surface area contributed by atoms with Crippen LogP contribution in [0.2, 0.25) is 0 Å². The van der Waals surface area contributed by atoms with Gasteiger partial charge in [0.15, 0.2) is 0 Å². The molecule has 1 unspecified atom stereocenters. The Balaban J connectivity index is 1.94. The predicted molar refractivity (Wildman–Crippen MR) is 120 cm³/mol. The molecule has 0 amide bonds. The van der Waals surface area contributed by atoms with Gasteiger partial charge in [0.1, 0.15) is 0 Å². The number of anilines is 1. The third kappa shape index (κ3) is 2.78. The molecule has 0 aromatic heterocycles. The Kier molecular flexibility index (Phi) is 4.19. The lowest BCUT2D eigenvalue weighted by atomic mass is 9.83. The van der Waals surface area contributed by atoms with E-state index in [1.807, 2.05) is 0 Å². The van der Waals surface area contributed by atoms with Crippen LogP contribution in [0.3, 0.4) is 0 Å². The molecule has 136 valence electrons. The fourth-order valence-corrected chi connectivity index (χ4v) is 4.67. The molecule has 0 bridgehead atoms. The summed E-state index contributed by atoms with van der Waals surface area (Å²) in [6.45, 7) is 17.7. The van der Waals surface area contributed by atoms with E-state index < -0.39 is 0 Å². The van der Waals surface area contributed by atoms with E-state index in [1.165, 1.54) is 49.9 Å². The van der Waals surface area contributed by atoms with Crippen molar-refractivity contribution < 1.29 is 0 Å². The van der Waals surface area contributed by atoms with Crippen LogP contribution in [0, 0.1) is 20.8 Å². The van der Waals surface area contributed by atoms with Gasteiger partial charge >= 0.3 is 0 Å². The predicted octanol–water partition coefficient (Wildman–Crippen LogP) is 5.55. The molecule has 4 rings (SSSR count). The van der Waals surface area contributed by atoms with Crippen LogP contribution in [0.4, 0.5) is 5.69 Å². The SMILES string of the molecule is C=c1c2c(c(=C)c3ccccc13)C(Nc1c(C)cc(C)cc1C)CC=C2C. The van der Waals surface area contributed by atoms with Gasteiger partial charge in [-0.3, -0.25) is 0 Å². The van der Waals surface area contributed by atoms with Gasteiger partial charge in [-0.05, 0) is 83.2 Å². The standard InChI is InChI=1S/C26H27N/c1-15-13-17(3)26(18(4)14-15)27-23-12-11-16(2)24-19(5)21-9-7-8-10-22(21)20(6)25(23)24/h7-11,13-14,23,27H,5-6,12H2,1-4H3. The first-order valence-electron chi connectivity index (χ1n) is 9.62. The molecule has 0 saturated heterocycles. The van der Waals surface area contributed by atoms with Crippen LogP contribution in [0.5, 0.6) is 0 Å². The summed E-state index contributed by atoms with van der Waals surface area (Å²) in [4.78, 5) is 0. The van der Waals surface area contributed by atoms with Gasteiger partial charge in [-0.1, -0.05) is 61.2 Å². The topological polar surface area (TPSA) is 12.0 Å². The van der Waals surface area contributed by atoms with Gasteiger partial charge in [0.05, 0.1) is 6.04 Å². The Labute approximate surface area is 161 Å². The van der Waals surface area contributed by atoms with Crippen molar-refractivity contribution in [3.63, 3.8) is 0 Å². The zero-order chi connectivity index (χ0) is 19.3. The Bertz CT molecular complexity index is 1170. The molecule has 1 nitrogen and oxygen atoms in total. The van der Waals surface area contributed by atoms with E-state index in [0.29, 0.717) is 0 Å². The van der Waals surface area contributed by atoms with E-state index in [1.54, 1.807) is 0 Å². The first kappa shape index (κ1) is 17.6. The van der Waals surface area contributed by atoms with E-state index in [0.717, 1.165) is 16.9 Å². The molecule has 3 aromatic carbocycles. The Hall–Kier alpha value is -2.80. The lowest BCUT2D eigenvalue weighted by Gasteiger charge is -2.29. The first-order chi connectivity index (χ1) is 12.9. The second-order valence-electron chi connectivity index (χ2n) is 7.88. The highest BCUT2D eigenvalue weighted by molar-refractivity contribution is 5.90. The van der Waals surface area contributed by atoms with E-state index in [2.05, 4.69) is 88.6 Å². The Morgan fingerprint density at radius 2 is 1.48 bits per heavy atom. The quantitative estimate of drug-likeness (QED) is 0.637. The van der Waals surface area contributed by atoms with Gasteiger partial charge in [-0.15, -0.1) is 0 Å². The largest absolute Gasteiger partial charge is 0.377 e. The van der Waals surface area contributed by atoms with Crippen LogP contribution < -0.4 is 15.8 Å². The third-order valence-electron chi connectivity index (χ3n) is 5.87. The number of rotatable bonds is 2. The summed E-state index contributed by atoms with van der Waals surface area (Å²) >= 11 is 0. The number of hydrogen-bond acceptors (Lipinski definition) is 1. The molecule has 0 saturated carbocycles. The number of fused-ring (bicyclic) bond motifs is 2. The van der Waals surface area contributed by atoms with Crippen molar-refractivity contribution in [3.05, 3.63) is 80.7 Å². The van der Waals surface area contributed by atoms with Crippen LogP contribution >= 0.6 is 0 Å². The molecule has 3 aromatic rings. The molecule has 0 spiro atoms. The lowest BCUT2D eigenvalue weighted by Crippen LogP contribution is -2.29. The summed E-state index contributed by atoms with van der Waals surface area (Å²) in [5, 5.41) is 8.50. The van der Waals surface area contributed by atoms with Crippen LogP contribution in [-0.2, 0) is 0 Å². The van der Waals surface area contributed by atoms with Crippen LogP contribution in [0.1, 0.15) is 47.2 Å². The van der Waals surface area contributed by atoms with Crippen molar-refractivity contribution in [3.8, 4) is 0 Å². The van der Waals surface area contributed by atoms with Crippen molar-refractivity contribution in [2.75, 3.05) is 5.32 Å². The molecule has 1 aliphatic carbocycles. The normalized spacial score (nSPS) is 16.1. The zero-order valence-electron chi connectivity index (χ0n) is 16.7. The summed E-state index contributed by atoms with van der Waals surface area (Å²) in [6, 6.07) is 13.2. The van der Waals surface area contributed by atoms with Crippen LogP contribution in [-0.4, -0.2) is 0 Å². The Morgan fingerprint density at radius 1 is 0.889 bits per heavy atom. The molecule has 1 heteroatoms. The molecule has 1 aliphatic rings. The van der Waals surface area contributed by atoms with Crippen molar-refractivity contribution in [2.45, 2.75) is 40.2 Å². The minimum absolute atomic E-state index is 0.210. The van der Waals surface area contributed by atoms with E-state index in [-0.39, 0.29) is 6.04 Å². The van der Waals surface area contributed by atoms with Gasteiger partial charge in [0.2, 0.25) is 0 Å². The summed E-state index contributed by atoms with van der Waals surface area (Å²) in [6.07, 6.45) is 3.30. The monoisotopic (exact) mass is 353 g/mol. The molecule has 27 heavy (non-hydrogen) atoms. The maximum atomic E-state index is 4.49. The van der Waals surface area contributed by atoms with Gasteiger partial charge in [0, 0.05) is 5.69 Å². The van der Waals surface area contributed by atoms with Gasteiger partial charge in [-0.2, -0.15) is 0 Å². The molecule has 0 radical (unpaired) electrons. The first-order valence-corrected chi connectivity index (χ1v) is 9.62. The molecule has 0 heterocycles. The van der Waals surface area contributed by atoms with E-state index in [4.69, 9.17) is 0 Å². The molecule has 0 aliphatic heterocycles. The van der Waals surface area contributed by atoms with Crippen molar-refractivity contribution in [2.24, 2.45) is 0 Å². The summed E-state index contributed by atoms with van der Waals surface area (Å²) in [7, 11) is 0. The van der Waals surface area contributed by atoms with Gasteiger partial charge < -0.3 is 5.32 Å². The number of allylic oxidation sites excluding steroid dienone is 1. The van der Waals surface area contributed by atoms with Crippen molar-refractivity contribution in [1.29, 1.82) is 0 Å². The number of aryl methyl sites for hydroxylation is 3. The summed E-state index contributed by atoms with van der Waals surface area (Å²) < 4.78 is 0. The maximum Gasteiger partial charge on any atom is 0.0560 e. The Morgan fingerprint density at radius 3 is 2.11 bits per heavy atom. The van der Waals surface area contributed by atoms with Crippen LogP contribution in [0.15, 0.2) is 42.5 Å². The number of hydrogen-bond donors (Lipinski definition) is 1. The molecular formula is C26H27N. The summed E-state index contributed by atoms with van der Waals surface area (Å²) in [5.74, 6) is 0. The fraction of sp³-hybridized carbons (Fsp3) is 0.231. The molecule has 1 atom stereocenters. The summed E-state index contributed by atoms with van der Waals surface area (Å²) in [5.41, 5.74) is 9.01. The fourth-order valence-electron chi connectivity index (χ4n) is 4.67. The maximum absolute atomic E-state index is 4.49. The van der Waals surface area contributed by atoms with Crippen molar-refractivity contribution >= 4 is 35.2 Å². The highest BCUT2D eigenvalue weighted by atomic mass is 14.9. The highest BCUT2D eigenvalue weighted by Gasteiger charge is 2.24. The van der Waals surface area contributed by atoms with Crippen molar-refractivity contribution in [1.82, 2.24) is 0 Å². The van der Waals surface area contributed by atoms with E-state index >= 15 is 0 Å². The van der Waals surface area contributed by atoms with Gasteiger partial charge in [0.25, 0.3) is 0 Å². The molecule has 0 fully saturated rings. The number of benzene rings is 3. The van der Waals surface area contributed by atoms with Crippen LogP contribution in [0.25, 0.3) is 29.5 Å². The second kappa shape index (κ2) is 6.42. The van der Waals surface area contributed by atoms with E-state index in [9.17, 15) is 0 Å². The molecule has 1 N–H and O–H groups in total. The molecular weight excluding hydrogens is 326 g/mol. The minimum Gasteiger partial charge on any atom is -0.377 e.